The minimum absolute atomic E-state index is 0.0675. The Kier molecular flexibility index (Phi) is 3.77. The number of carbonyl (C=O) groups is 1. The van der Waals surface area contributed by atoms with Gasteiger partial charge in [0.1, 0.15) is 12.4 Å². The number of amides is 1. The molecule has 0 bridgehead atoms. The molecule has 1 saturated carbocycles. The Bertz CT molecular complexity index is 636. The Hall–Kier alpha value is -2.49. The highest BCUT2D eigenvalue weighted by molar-refractivity contribution is 5.95. The van der Waals surface area contributed by atoms with Crippen LogP contribution in [0.4, 0.5) is 5.69 Å². The van der Waals surface area contributed by atoms with Gasteiger partial charge in [-0.2, -0.15) is 0 Å². The van der Waals surface area contributed by atoms with Crippen molar-refractivity contribution >= 4 is 11.6 Å². The number of anilines is 1. The first-order chi connectivity index (χ1) is 10.2. The number of ether oxygens (including phenoxy) is 1. The molecule has 1 amide bonds. The summed E-state index contributed by atoms with van der Waals surface area (Å²) in [7, 11) is 0. The van der Waals surface area contributed by atoms with E-state index in [4.69, 9.17) is 10.5 Å². The second-order valence-electron chi connectivity index (χ2n) is 5.27. The molecule has 3 rings (SSSR count). The first kappa shape index (κ1) is 13.5. The lowest BCUT2D eigenvalue weighted by Gasteiger charge is -2.11. The topological polar surface area (TPSA) is 64.4 Å². The van der Waals surface area contributed by atoms with Gasteiger partial charge in [-0.1, -0.05) is 30.3 Å². The highest BCUT2D eigenvalue weighted by Crippen LogP contribution is 2.25. The van der Waals surface area contributed by atoms with E-state index in [9.17, 15) is 4.79 Å². The van der Waals surface area contributed by atoms with E-state index in [2.05, 4.69) is 5.32 Å². The number of carbonyl (C=O) groups excluding carboxylic acids is 1. The van der Waals surface area contributed by atoms with Gasteiger partial charge in [-0.05, 0) is 36.6 Å². The molecule has 0 radical (unpaired) electrons. The molecular weight excluding hydrogens is 264 g/mol. The maximum atomic E-state index is 12.0. The Morgan fingerprint density at radius 2 is 1.95 bits per heavy atom. The normalized spacial score (nSPS) is 13.7. The van der Waals surface area contributed by atoms with E-state index in [1.54, 1.807) is 18.2 Å². The van der Waals surface area contributed by atoms with Gasteiger partial charge in [0.25, 0.3) is 5.91 Å². The molecule has 4 heteroatoms. The van der Waals surface area contributed by atoms with Crippen LogP contribution in [0.1, 0.15) is 28.8 Å². The molecule has 1 fully saturated rings. The van der Waals surface area contributed by atoms with Crippen molar-refractivity contribution in [1.82, 2.24) is 5.32 Å². The van der Waals surface area contributed by atoms with Gasteiger partial charge < -0.3 is 15.8 Å². The quantitative estimate of drug-likeness (QED) is 0.829. The number of nitrogens with two attached hydrogens (primary N) is 1. The van der Waals surface area contributed by atoms with E-state index >= 15 is 0 Å². The number of hydrogen-bond donors (Lipinski definition) is 2. The number of rotatable bonds is 5. The minimum atomic E-state index is -0.0675. The molecule has 0 saturated heterocycles. The predicted octanol–water partition coefficient (Wildman–Crippen LogP) is 2.74. The molecule has 1 aliphatic rings. The summed E-state index contributed by atoms with van der Waals surface area (Å²) in [4.78, 5) is 12.0. The highest BCUT2D eigenvalue weighted by atomic mass is 16.5. The summed E-state index contributed by atoms with van der Waals surface area (Å²) in [5, 5.41) is 2.96. The van der Waals surface area contributed by atoms with Crippen molar-refractivity contribution in [2.45, 2.75) is 25.5 Å². The zero-order chi connectivity index (χ0) is 14.7. The van der Waals surface area contributed by atoms with Crippen LogP contribution in [0, 0.1) is 0 Å². The van der Waals surface area contributed by atoms with E-state index in [-0.39, 0.29) is 5.91 Å². The van der Waals surface area contributed by atoms with Crippen LogP contribution in [-0.4, -0.2) is 11.9 Å². The first-order valence-corrected chi connectivity index (χ1v) is 7.09. The third kappa shape index (κ3) is 3.54. The van der Waals surface area contributed by atoms with Gasteiger partial charge in [0.05, 0.1) is 5.69 Å². The van der Waals surface area contributed by atoms with Crippen LogP contribution in [0.5, 0.6) is 5.75 Å². The van der Waals surface area contributed by atoms with Crippen LogP contribution >= 0.6 is 0 Å². The lowest BCUT2D eigenvalue weighted by atomic mass is 10.1. The lowest BCUT2D eigenvalue weighted by Crippen LogP contribution is -2.25. The summed E-state index contributed by atoms with van der Waals surface area (Å²) >= 11 is 0. The molecule has 0 aliphatic heterocycles. The van der Waals surface area contributed by atoms with Crippen LogP contribution < -0.4 is 15.8 Å². The van der Waals surface area contributed by atoms with Gasteiger partial charge in [-0.25, -0.2) is 0 Å². The van der Waals surface area contributed by atoms with Crippen molar-refractivity contribution in [1.29, 1.82) is 0 Å². The molecule has 1 aliphatic carbocycles. The Labute approximate surface area is 123 Å². The van der Waals surface area contributed by atoms with Crippen molar-refractivity contribution in [3.63, 3.8) is 0 Å². The minimum Gasteiger partial charge on any atom is -0.487 e. The van der Waals surface area contributed by atoms with Crippen molar-refractivity contribution in [3.8, 4) is 5.75 Å². The second kappa shape index (κ2) is 5.87. The third-order valence-corrected chi connectivity index (χ3v) is 3.43. The van der Waals surface area contributed by atoms with Crippen molar-refractivity contribution in [2.24, 2.45) is 0 Å². The monoisotopic (exact) mass is 282 g/mol. The third-order valence-electron chi connectivity index (χ3n) is 3.43. The molecule has 0 unspecified atom stereocenters. The number of nitrogen functional groups attached to an aromatic ring is 1. The molecule has 2 aromatic rings. The number of nitrogens with one attached hydrogen (secondary N) is 1. The van der Waals surface area contributed by atoms with E-state index in [1.807, 2.05) is 30.3 Å². The summed E-state index contributed by atoms with van der Waals surface area (Å²) < 4.78 is 5.73. The van der Waals surface area contributed by atoms with Crippen LogP contribution in [0.15, 0.2) is 48.5 Å². The van der Waals surface area contributed by atoms with Gasteiger partial charge >= 0.3 is 0 Å². The number of hydrogen-bond acceptors (Lipinski definition) is 3. The predicted molar refractivity (Wildman–Crippen MR) is 82.1 cm³/mol. The summed E-state index contributed by atoms with van der Waals surface area (Å²) in [6, 6.07) is 15.3. The van der Waals surface area contributed by atoms with Crippen molar-refractivity contribution in [3.05, 3.63) is 59.7 Å². The summed E-state index contributed by atoms with van der Waals surface area (Å²) in [5.41, 5.74) is 8.09. The average molecular weight is 282 g/mol. The van der Waals surface area contributed by atoms with Crippen LogP contribution in [-0.2, 0) is 6.61 Å². The average Bonchev–Trinajstić information content (AvgIpc) is 3.31. The first-order valence-electron chi connectivity index (χ1n) is 7.09. The molecular formula is C17H18N2O2. The van der Waals surface area contributed by atoms with Gasteiger partial charge in [-0.3, -0.25) is 4.79 Å². The van der Waals surface area contributed by atoms with Gasteiger partial charge in [0.15, 0.2) is 0 Å². The van der Waals surface area contributed by atoms with Gasteiger partial charge in [-0.15, -0.1) is 0 Å². The molecule has 4 nitrogen and oxygen atoms in total. The number of benzene rings is 2. The van der Waals surface area contributed by atoms with E-state index in [0.29, 0.717) is 29.6 Å². The lowest BCUT2D eigenvalue weighted by molar-refractivity contribution is 0.0950. The molecule has 21 heavy (non-hydrogen) atoms. The zero-order valence-corrected chi connectivity index (χ0v) is 11.7. The van der Waals surface area contributed by atoms with Gasteiger partial charge in [0, 0.05) is 11.6 Å². The molecule has 108 valence electrons. The summed E-state index contributed by atoms with van der Waals surface area (Å²) in [6.07, 6.45) is 2.14. The fraction of sp³-hybridized carbons (Fsp3) is 0.235. The van der Waals surface area contributed by atoms with Gasteiger partial charge in [0.2, 0.25) is 0 Å². The Morgan fingerprint density at radius 1 is 1.19 bits per heavy atom. The van der Waals surface area contributed by atoms with E-state index in [1.165, 1.54) is 0 Å². The highest BCUT2D eigenvalue weighted by Gasteiger charge is 2.24. The largest absolute Gasteiger partial charge is 0.487 e. The van der Waals surface area contributed by atoms with E-state index < -0.39 is 0 Å². The molecule has 0 atom stereocenters. The van der Waals surface area contributed by atoms with E-state index in [0.717, 1.165) is 18.4 Å². The Morgan fingerprint density at radius 3 is 2.67 bits per heavy atom. The van der Waals surface area contributed by atoms with Crippen molar-refractivity contribution < 1.29 is 9.53 Å². The maximum absolute atomic E-state index is 12.0. The molecule has 0 spiro atoms. The second-order valence-corrected chi connectivity index (χ2v) is 5.27. The fourth-order valence-electron chi connectivity index (χ4n) is 2.03. The standard InChI is InChI=1S/C17H18N2O2/c18-15-9-6-13(17(20)19-14-7-8-14)10-16(15)21-11-12-4-2-1-3-5-12/h1-6,9-10,14H,7-8,11,18H2,(H,19,20). The van der Waals surface area contributed by atoms with Crippen LogP contribution in [0.25, 0.3) is 0 Å². The summed E-state index contributed by atoms with van der Waals surface area (Å²) in [5.74, 6) is 0.476. The molecule has 0 aromatic heterocycles. The molecule has 3 N–H and O–H groups in total. The SMILES string of the molecule is Nc1ccc(C(=O)NC2CC2)cc1OCc1ccccc1. The smallest absolute Gasteiger partial charge is 0.251 e. The Balaban J connectivity index is 1.70. The van der Waals surface area contributed by atoms with Crippen LogP contribution in [0.3, 0.4) is 0 Å². The molecule has 2 aromatic carbocycles. The maximum Gasteiger partial charge on any atom is 0.251 e. The zero-order valence-electron chi connectivity index (χ0n) is 11.7. The fourth-order valence-corrected chi connectivity index (χ4v) is 2.03. The molecule has 0 heterocycles. The van der Waals surface area contributed by atoms with Crippen LogP contribution in [0.2, 0.25) is 0 Å². The summed E-state index contributed by atoms with van der Waals surface area (Å²) in [6.45, 7) is 0.429. The van der Waals surface area contributed by atoms with Crippen molar-refractivity contribution in [2.75, 3.05) is 5.73 Å².